The molecule has 1 aromatic rings. The van der Waals surface area contributed by atoms with E-state index in [1.54, 1.807) is 0 Å². The van der Waals surface area contributed by atoms with E-state index < -0.39 is 0 Å². The zero-order valence-corrected chi connectivity index (χ0v) is 9.88. The topological polar surface area (TPSA) is 29.1 Å². The lowest BCUT2D eigenvalue weighted by molar-refractivity contribution is -0.115. The molecule has 1 N–H and O–H groups in total. The molecular formula is C10H12INO. The first-order valence-corrected chi connectivity index (χ1v) is 5.27. The molecule has 1 rings (SSSR count). The van der Waals surface area contributed by atoms with E-state index in [1.165, 1.54) is 3.57 Å². The minimum absolute atomic E-state index is 0.0595. The van der Waals surface area contributed by atoms with Crippen LogP contribution in [0.4, 0.5) is 5.69 Å². The van der Waals surface area contributed by atoms with Crippen molar-refractivity contribution < 1.29 is 4.79 Å². The fraction of sp³-hybridized carbons (Fsp3) is 0.300. The second kappa shape index (κ2) is 4.60. The van der Waals surface area contributed by atoms with Crippen LogP contribution < -0.4 is 5.32 Å². The standard InChI is InChI=1S/C10H12INO/c1-3-10(13)12-9-5-4-8(11)6-7(9)2/h4-6H,3H2,1-2H3,(H,12,13). The third-order valence-corrected chi connectivity index (χ3v) is 2.45. The third kappa shape index (κ3) is 2.99. The Morgan fingerprint density at radius 2 is 2.23 bits per heavy atom. The molecular weight excluding hydrogens is 277 g/mol. The predicted molar refractivity (Wildman–Crippen MR) is 62.8 cm³/mol. The van der Waals surface area contributed by atoms with Crippen LogP contribution in [0.25, 0.3) is 0 Å². The monoisotopic (exact) mass is 289 g/mol. The van der Waals surface area contributed by atoms with Crippen LogP contribution in [-0.4, -0.2) is 5.91 Å². The summed E-state index contributed by atoms with van der Waals surface area (Å²) in [6.07, 6.45) is 0.519. The lowest BCUT2D eigenvalue weighted by atomic mass is 10.2. The third-order valence-electron chi connectivity index (χ3n) is 1.78. The maximum Gasteiger partial charge on any atom is 0.224 e. The quantitative estimate of drug-likeness (QED) is 0.833. The highest BCUT2D eigenvalue weighted by Crippen LogP contribution is 2.17. The Kier molecular flexibility index (Phi) is 3.71. The average molecular weight is 289 g/mol. The van der Waals surface area contributed by atoms with Gasteiger partial charge >= 0.3 is 0 Å². The first-order chi connectivity index (χ1) is 6.13. The molecule has 0 spiro atoms. The van der Waals surface area contributed by atoms with Gasteiger partial charge in [0.2, 0.25) is 5.91 Å². The maximum absolute atomic E-state index is 11.1. The molecule has 0 aliphatic rings. The van der Waals surface area contributed by atoms with E-state index in [0.717, 1.165) is 11.3 Å². The summed E-state index contributed by atoms with van der Waals surface area (Å²) in [6.45, 7) is 3.84. The molecule has 3 heteroatoms. The van der Waals surface area contributed by atoms with Gasteiger partial charge in [-0.25, -0.2) is 0 Å². The van der Waals surface area contributed by atoms with Crippen LogP contribution in [0, 0.1) is 10.5 Å². The van der Waals surface area contributed by atoms with E-state index in [2.05, 4.69) is 27.9 Å². The highest BCUT2D eigenvalue weighted by Gasteiger charge is 2.01. The van der Waals surface area contributed by atoms with Gasteiger partial charge in [-0.05, 0) is 53.3 Å². The van der Waals surface area contributed by atoms with Crippen LogP contribution in [0.2, 0.25) is 0 Å². The molecule has 13 heavy (non-hydrogen) atoms. The van der Waals surface area contributed by atoms with Crippen molar-refractivity contribution in [2.24, 2.45) is 0 Å². The van der Waals surface area contributed by atoms with E-state index in [9.17, 15) is 4.79 Å². The maximum atomic E-state index is 11.1. The van der Waals surface area contributed by atoms with Crippen LogP contribution in [0.3, 0.4) is 0 Å². The zero-order valence-electron chi connectivity index (χ0n) is 7.73. The fourth-order valence-electron chi connectivity index (χ4n) is 1.01. The van der Waals surface area contributed by atoms with Gasteiger partial charge in [-0.2, -0.15) is 0 Å². The van der Waals surface area contributed by atoms with Gasteiger partial charge in [0, 0.05) is 15.7 Å². The van der Waals surface area contributed by atoms with Gasteiger partial charge in [-0.15, -0.1) is 0 Å². The molecule has 0 atom stereocenters. The number of benzene rings is 1. The Hall–Kier alpha value is -0.580. The van der Waals surface area contributed by atoms with Crippen molar-refractivity contribution in [2.75, 3.05) is 5.32 Å². The Balaban J connectivity index is 2.83. The Bertz CT molecular complexity index is 323. The van der Waals surface area contributed by atoms with Gasteiger partial charge in [0.25, 0.3) is 0 Å². The molecule has 0 aromatic heterocycles. The summed E-state index contributed by atoms with van der Waals surface area (Å²) in [7, 11) is 0. The molecule has 0 aliphatic heterocycles. The van der Waals surface area contributed by atoms with Crippen molar-refractivity contribution in [2.45, 2.75) is 20.3 Å². The highest BCUT2D eigenvalue weighted by atomic mass is 127. The van der Waals surface area contributed by atoms with Crippen molar-refractivity contribution >= 4 is 34.2 Å². The number of anilines is 1. The Morgan fingerprint density at radius 3 is 2.77 bits per heavy atom. The smallest absolute Gasteiger partial charge is 0.224 e. The largest absolute Gasteiger partial charge is 0.326 e. The average Bonchev–Trinajstić information content (AvgIpc) is 2.09. The number of hydrogen-bond acceptors (Lipinski definition) is 1. The second-order valence-corrected chi connectivity index (χ2v) is 4.11. The second-order valence-electron chi connectivity index (χ2n) is 2.86. The number of carbonyl (C=O) groups is 1. The number of aryl methyl sites for hydroxylation is 1. The number of carbonyl (C=O) groups excluding carboxylic acids is 1. The Morgan fingerprint density at radius 1 is 1.54 bits per heavy atom. The molecule has 0 unspecified atom stereocenters. The van der Waals surface area contributed by atoms with Crippen molar-refractivity contribution in [1.29, 1.82) is 0 Å². The molecule has 0 bridgehead atoms. The zero-order chi connectivity index (χ0) is 9.84. The Labute approximate surface area is 91.9 Å². The minimum Gasteiger partial charge on any atom is -0.326 e. The van der Waals surface area contributed by atoms with Crippen LogP contribution in [0.5, 0.6) is 0 Å². The number of hydrogen-bond donors (Lipinski definition) is 1. The summed E-state index contributed by atoms with van der Waals surface area (Å²) in [5.74, 6) is 0.0595. The summed E-state index contributed by atoms with van der Waals surface area (Å²) in [5.41, 5.74) is 2.01. The summed E-state index contributed by atoms with van der Waals surface area (Å²) >= 11 is 2.25. The van der Waals surface area contributed by atoms with E-state index in [-0.39, 0.29) is 5.91 Å². The molecule has 0 aliphatic carbocycles. The number of halogens is 1. The fourth-order valence-corrected chi connectivity index (χ4v) is 1.65. The number of nitrogens with one attached hydrogen (secondary N) is 1. The summed E-state index contributed by atoms with van der Waals surface area (Å²) in [4.78, 5) is 11.1. The van der Waals surface area contributed by atoms with Crippen molar-refractivity contribution in [3.8, 4) is 0 Å². The highest BCUT2D eigenvalue weighted by molar-refractivity contribution is 14.1. The van der Waals surface area contributed by atoms with E-state index >= 15 is 0 Å². The van der Waals surface area contributed by atoms with Crippen LogP contribution in [0.15, 0.2) is 18.2 Å². The lowest BCUT2D eigenvalue weighted by Crippen LogP contribution is -2.10. The van der Waals surface area contributed by atoms with E-state index in [0.29, 0.717) is 6.42 Å². The minimum atomic E-state index is 0.0595. The van der Waals surface area contributed by atoms with Gasteiger partial charge in [0.15, 0.2) is 0 Å². The molecule has 1 amide bonds. The van der Waals surface area contributed by atoms with E-state index in [1.807, 2.05) is 32.0 Å². The summed E-state index contributed by atoms with van der Waals surface area (Å²) in [5, 5.41) is 2.84. The number of amides is 1. The number of rotatable bonds is 2. The van der Waals surface area contributed by atoms with Gasteiger partial charge in [0.1, 0.15) is 0 Å². The molecule has 0 saturated heterocycles. The van der Waals surface area contributed by atoms with Crippen LogP contribution in [-0.2, 0) is 4.79 Å². The lowest BCUT2D eigenvalue weighted by Gasteiger charge is -2.07. The van der Waals surface area contributed by atoms with Gasteiger partial charge in [0.05, 0.1) is 0 Å². The predicted octanol–water partition coefficient (Wildman–Crippen LogP) is 2.95. The van der Waals surface area contributed by atoms with Gasteiger partial charge in [-0.3, -0.25) is 4.79 Å². The molecule has 70 valence electrons. The molecule has 0 radical (unpaired) electrons. The molecule has 0 heterocycles. The van der Waals surface area contributed by atoms with Gasteiger partial charge in [-0.1, -0.05) is 6.92 Å². The summed E-state index contributed by atoms with van der Waals surface area (Å²) < 4.78 is 1.18. The van der Waals surface area contributed by atoms with Crippen LogP contribution >= 0.6 is 22.6 Å². The first kappa shape index (κ1) is 10.5. The molecule has 0 fully saturated rings. The molecule has 0 saturated carbocycles. The van der Waals surface area contributed by atoms with Crippen molar-refractivity contribution in [3.63, 3.8) is 0 Å². The van der Waals surface area contributed by atoms with Crippen molar-refractivity contribution in [3.05, 3.63) is 27.3 Å². The van der Waals surface area contributed by atoms with Crippen molar-refractivity contribution in [1.82, 2.24) is 0 Å². The normalized spacial score (nSPS) is 9.77. The summed E-state index contributed by atoms with van der Waals surface area (Å²) in [6, 6.07) is 5.97. The SMILES string of the molecule is CCC(=O)Nc1ccc(I)cc1C. The van der Waals surface area contributed by atoms with Gasteiger partial charge < -0.3 is 5.32 Å². The van der Waals surface area contributed by atoms with Crippen LogP contribution in [0.1, 0.15) is 18.9 Å². The molecule has 1 aromatic carbocycles. The molecule has 2 nitrogen and oxygen atoms in total. The van der Waals surface area contributed by atoms with E-state index in [4.69, 9.17) is 0 Å². The first-order valence-electron chi connectivity index (χ1n) is 4.19.